The third-order valence-corrected chi connectivity index (χ3v) is 3.77. The predicted molar refractivity (Wildman–Crippen MR) is 85.6 cm³/mol. The first-order valence-electron chi connectivity index (χ1n) is 6.87. The van der Waals surface area contributed by atoms with Gasteiger partial charge in [-0.05, 0) is 19.4 Å². The zero-order valence-electron chi connectivity index (χ0n) is 12.7. The summed E-state index contributed by atoms with van der Waals surface area (Å²) in [5.41, 5.74) is 2.02. The van der Waals surface area contributed by atoms with Crippen molar-refractivity contribution < 1.29 is 9.59 Å². The highest BCUT2D eigenvalue weighted by molar-refractivity contribution is 7.15. The molecule has 0 aliphatic carbocycles. The number of hydrogen-bond acceptors (Lipinski definition) is 5. The maximum Gasteiger partial charge on any atom is 0.228 e. The maximum atomic E-state index is 12.1. The van der Waals surface area contributed by atoms with Gasteiger partial charge in [0.15, 0.2) is 0 Å². The zero-order chi connectivity index (χ0) is 16.1. The van der Waals surface area contributed by atoms with E-state index in [0.29, 0.717) is 5.13 Å². The van der Waals surface area contributed by atoms with Crippen molar-refractivity contribution in [2.24, 2.45) is 0 Å². The molecule has 22 heavy (non-hydrogen) atoms. The molecule has 1 aromatic carbocycles. The van der Waals surface area contributed by atoms with E-state index in [-0.39, 0.29) is 24.3 Å². The Balaban J connectivity index is 2.07. The number of carbonyl (C=O) groups is 2. The van der Waals surface area contributed by atoms with Crippen LogP contribution in [-0.4, -0.2) is 22.0 Å². The highest BCUT2D eigenvalue weighted by atomic mass is 32.1. The van der Waals surface area contributed by atoms with Crippen LogP contribution in [0, 0.1) is 13.8 Å². The first-order valence-corrected chi connectivity index (χ1v) is 7.69. The lowest BCUT2D eigenvalue weighted by Gasteiger charge is -2.17. The molecule has 1 aromatic heterocycles. The van der Waals surface area contributed by atoms with Crippen LogP contribution in [0.4, 0.5) is 5.13 Å². The Bertz CT molecular complexity index is 666. The average molecular weight is 318 g/mol. The van der Waals surface area contributed by atoms with Crippen molar-refractivity contribution in [1.29, 1.82) is 0 Å². The summed E-state index contributed by atoms with van der Waals surface area (Å²) < 4.78 is 0. The molecule has 2 rings (SSSR count). The molecule has 2 amide bonds. The van der Waals surface area contributed by atoms with Gasteiger partial charge < -0.3 is 10.6 Å². The van der Waals surface area contributed by atoms with Crippen LogP contribution in [0.15, 0.2) is 24.3 Å². The highest BCUT2D eigenvalue weighted by Crippen LogP contribution is 2.20. The Hall–Kier alpha value is -2.28. The first kappa shape index (κ1) is 16.1. The Morgan fingerprint density at radius 3 is 2.41 bits per heavy atom. The van der Waals surface area contributed by atoms with Gasteiger partial charge in [-0.2, -0.15) is 0 Å². The number of amides is 2. The zero-order valence-corrected chi connectivity index (χ0v) is 13.5. The summed E-state index contributed by atoms with van der Waals surface area (Å²) in [4.78, 5) is 23.5. The highest BCUT2D eigenvalue weighted by Gasteiger charge is 2.18. The topological polar surface area (TPSA) is 84.0 Å². The third-order valence-electron chi connectivity index (χ3n) is 3.02. The number of benzene rings is 1. The van der Waals surface area contributed by atoms with Gasteiger partial charge >= 0.3 is 0 Å². The minimum atomic E-state index is -0.368. The fourth-order valence-electron chi connectivity index (χ4n) is 2.00. The quantitative estimate of drug-likeness (QED) is 0.886. The fourth-order valence-corrected chi connectivity index (χ4v) is 2.61. The molecular weight excluding hydrogens is 300 g/mol. The molecule has 0 fully saturated rings. The van der Waals surface area contributed by atoms with E-state index < -0.39 is 0 Å². The number of carbonyl (C=O) groups excluding carboxylic acids is 2. The minimum Gasteiger partial charge on any atom is -0.349 e. The summed E-state index contributed by atoms with van der Waals surface area (Å²) in [6.45, 7) is 5.24. The van der Waals surface area contributed by atoms with Crippen LogP contribution in [0.2, 0.25) is 0 Å². The third kappa shape index (κ3) is 4.63. The smallest absolute Gasteiger partial charge is 0.228 e. The van der Waals surface area contributed by atoms with E-state index in [1.807, 2.05) is 38.1 Å². The van der Waals surface area contributed by atoms with Crippen LogP contribution < -0.4 is 10.6 Å². The number of nitrogens with zero attached hydrogens (tertiary/aromatic N) is 2. The molecule has 0 spiro atoms. The molecule has 6 nitrogen and oxygen atoms in total. The monoisotopic (exact) mass is 318 g/mol. The molecule has 7 heteroatoms. The Morgan fingerprint density at radius 1 is 1.18 bits per heavy atom. The van der Waals surface area contributed by atoms with Crippen molar-refractivity contribution in [2.45, 2.75) is 33.2 Å². The van der Waals surface area contributed by atoms with Crippen LogP contribution in [-0.2, 0) is 9.59 Å². The lowest BCUT2D eigenvalue weighted by atomic mass is 10.0. The normalized spacial score (nSPS) is 11.8. The van der Waals surface area contributed by atoms with Crippen LogP contribution in [0.25, 0.3) is 0 Å². The van der Waals surface area contributed by atoms with Gasteiger partial charge in [0.25, 0.3) is 0 Å². The molecule has 0 aliphatic rings. The molecule has 116 valence electrons. The summed E-state index contributed by atoms with van der Waals surface area (Å²) in [5.74, 6) is -0.388. The van der Waals surface area contributed by atoms with E-state index in [0.717, 1.165) is 16.1 Å². The van der Waals surface area contributed by atoms with E-state index in [4.69, 9.17) is 0 Å². The SMILES string of the molecule is CC(=O)NC(CC(=O)Nc1nnc(C)s1)c1ccc(C)cc1. The Labute approximate surface area is 133 Å². The van der Waals surface area contributed by atoms with Gasteiger partial charge in [-0.3, -0.25) is 9.59 Å². The van der Waals surface area contributed by atoms with E-state index in [9.17, 15) is 9.59 Å². The second kappa shape index (κ2) is 7.13. The minimum absolute atomic E-state index is 0.140. The lowest BCUT2D eigenvalue weighted by molar-refractivity contribution is -0.120. The second-order valence-corrected chi connectivity index (χ2v) is 6.22. The fraction of sp³-hybridized carbons (Fsp3) is 0.333. The van der Waals surface area contributed by atoms with Crippen LogP contribution in [0.1, 0.15) is 35.5 Å². The van der Waals surface area contributed by atoms with Crippen LogP contribution >= 0.6 is 11.3 Å². The molecule has 0 saturated heterocycles. The summed E-state index contributed by atoms with van der Waals surface area (Å²) in [5, 5.41) is 14.5. The molecule has 2 N–H and O–H groups in total. The van der Waals surface area contributed by atoms with Gasteiger partial charge in [0.2, 0.25) is 16.9 Å². The molecule has 1 atom stereocenters. The number of aryl methyl sites for hydroxylation is 2. The second-order valence-electron chi connectivity index (χ2n) is 5.04. The van der Waals surface area contributed by atoms with Crippen LogP contribution in [0.3, 0.4) is 0 Å². The van der Waals surface area contributed by atoms with E-state index in [2.05, 4.69) is 20.8 Å². The van der Waals surface area contributed by atoms with Crippen molar-refractivity contribution in [1.82, 2.24) is 15.5 Å². The average Bonchev–Trinajstić information content (AvgIpc) is 2.83. The predicted octanol–water partition coefficient (Wildman–Crippen LogP) is 2.36. The molecule has 0 saturated carbocycles. The van der Waals surface area contributed by atoms with Crippen LogP contribution in [0.5, 0.6) is 0 Å². The summed E-state index contributed by atoms with van der Waals surface area (Å²) in [7, 11) is 0. The molecule has 0 aliphatic heterocycles. The molecule has 1 unspecified atom stereocenters. The summed E-state index contributed by atoms with van der Waals surface area (Å²) >= 11 is 1.31. The van der Waals surface area contributed by atoms with Crippen molar-refractivity contribution >= 4 is 28.3 Å². The van der Waals surface area contributed by atoms with Gasteiger partial charge in [0.05, 0.1) is 12.5 Å². The number of nitrogens with one attached hydrogen (secondary N) is 2. The van der Waals surface area contributed by atoms with Crippen molar-refractivity contribution in [2.75, 3.05) is 5.32 Å². The number of rotatable bonds is 5. The Kier molecular flexibility index (Phi) is 5.21. The summed E-state index contributed by atoms with van der Waals surface area (Å²) in [6.07, 6.45) is 0.140. The molecule has 0 bridgehead atoms. The molecule has 0 radical (unpaired) electrons. The van der Waals surface area contributed by atoms with Crippen molar-refractivity contribution in [3.8, 4) is 0 Å². The van der Waals surface area contributed by atoms with E-state index >= 15 is 0 Å². The Morgan fingerprint density at radius 2 is 1.86 bits per heavy atom. The van der Waals surface area contributed by atoms with E-state index in [1.54, 1.807) is 0 Å². The summed E-state index contributed by atoms with van der Waals surface area (Å²) in [6, 6.07) is 7.37. The van der Waals surface area contributed by atoms with Gasteiger partial charge in [0.1, 0.15) is 5.01 Å². The van der Waals surface area contributed by atoms with Gasteiger partial charge in [0, 0.05) is 6.92 Å². The molecule has 2 aromatic rings. The van der Waals surface area contributed by atoms with Gasteiger partial charge in [-0.1, -0.05) is 41.2 Å². The molecular formula is C15H18N4O2S. The molecule has 1 heterocycles. The van der Waals surface area contributed by atoms with E-state index in [1.165, 1.54) is 18.3 Å². The maximum absolute atomic E-state index is 12.1. The van der Waals surface area contributed by atoms with Crippen molar-refractivity contribution in [3.05, 3.63) is 40.4 Å². The van der Waals surface area contributed by atoms with Gasteiger partial charge in [-0.15, -0.1) is 10.2 Å². The van der Waals surface area contributed by atoms with Crippen molar-refractivity contribution in [3.63, 3.8) is 0 Å². The largest absolute Gasteiger partial charge is 0.349 e. The van der Waals surface area contributed by atoms with Gasteiger partial charge in [-0.25, -0.2) is 0 Å². The number of hydrogen-bond donors (Lipinski definition) is 2. The standard InChI is InChI=1S/C15H18N4O2S/c1-9-4-6-12(7-5-9)13(16-10(2)20)8-14(21)17-15-19-18-11(3)22-15/h4-7,13H,8H2,1-3H3,(H,16,20)(H,17,19,21). The first-order chi connectivity index (χ1) is 10.4. The number of anilines is 1. The number of aromatic nitrogens is 2. The lowest BCUT2D eigenvalue weighted by Crippen LogP contribution is -2.29.